The van der Waals surface area contributed by atoms with Crippen LogP contribution in [0, 0.1) is 0 Å². The Bertz CT molecular complexity index is 198. The average molecular weight is 157 g/mol. The Kier molecular flexibility index (Phi) is 3.47. The maximum Gasteiger partial charge on any atom is 0.257 e. The Morgan fingerprint density at radius 1 is 1.45 bits per heavy atom. The fraction of sp³-hybridized carbons (Fsp3) is 0.429. The first-order valence-electron chi connectivity index (χ1n) is 3.09. The van der Waals surface area contributed by atoms with Crippen LogP contribution in [-0.4, -0.2) is 28.6 Å². The summed E-state index contributed by atoms with van der Waals surface area (Å²) in [6.45, 7) is 5.44. The Labute approximate surface area is 65.1 Å². The smallest absolute Gasteiger partial charge is 0.257 e. The first kappa shape index (κ1) is 9.84. The van der Waals surface area contributed by atoms with Crippen LogP contribution in [0.25, 0.3) is 0 Å². The number of rotatable bonds is 2. The van der Waals surface area contributed by atoms with Gasteiger partial charge in [-0.2, -0.15) is 0 Å². The van der Waals surface area contributed by atoms with Crippen LogP contribution in [0.3, 0.4) is 0 Å². The monoisotopic (exact) mass is 157 g/mol. The lowest BCUT2D eigenvalue weighted by molar-refractivity contribution is -0.145. The molecule has 0 rings (SSSR count). The molecule has 4 heteroatoms. The van der Waals surface area contributed by atoms with Gasteiger partial charge in [-0.3, -0.25) is 14.5 Å². The Morgan fingerprint density at radius 2 is 1.91 bits per heavy atom. The predicted molar refractivity (Wildman–Crippen MR) is 39.4 cm³/mol. The van der Waals surface area contributed by atoms with E-state index in [1.165, 1.54) is 13.8 Å². The third kappa shape index (κ3) is 2.51. The van der Waals surface area contributed by atoms with E-state index in [1.54, 1.807) is 0 Å². The lowest BCUT2D eigenvalue weighted by atomic mass is 10.3. The van der Waals surface area contributed by atoms with Crippen LogP contribution in [0.15, 0.2) is 12.2 Å². The number of nitrogens with zero attached hydrogens (tertiary/aromatic N) is 1. The molecule has 0 aromatic heterocycles. The third-order valence-corrected chi connectivity index (χ3v) is 1.13. The molecule has 62 valence electrons. The minimum Gasteiger partial charge on any atom is -0.376 e. The molecule has 0 radical (unpaired) electrons. The number of hydrogen-bond acceptors (Lipinski definition) is 3. The molecule has 4 nitrogen and oxygen atoms in total. The number of imide groups is 1. The summed E-state index contributed by atoms with van der Waals surface area (Å²) in [5.41, 5.74) is 0.231. The van der Waals surface area contributed by atoms with E-state index in [1.807, 2.05) is 0 Å². The standard InChI is InChI=1S/C7H11NO3/c1-5(2)7(11)8(4-9)6(3)10/h9H,1,4H2,2-3H3. The first-order valence-corrected chi connectivity index (χ1v) is 3.09. The van der Waals surface area contributed by atoms with Crippen molar-refractivity contribution in [2.24, 2.45) is 0 Å². The molecule has 1 N–H and O–H groups in total. The van der Waals surface area contributed by atoms with E-state index < -0.39 is 18.5 Å². The van der Waals surface area contributed by atoms with Crippen LogP contribution in [0.5, 0.6) is 0 Å². The third-order valence-electron chi connectivity index (χ3n) is 1.13. The Balaban J connectivity index is 4.39. The quantitative estimate of drug-likeness (QED) is 0.449. The SMILES string of the molecule is C=C(C)C(=O)N(CO)C(C)=O. The first-order chi connectivity index (χ1) is 5.00. The normalized spacial score (nSPS) is 9.00. The topological polar surface area (TPSA) is 57.6 Å². The maximum atomic E-state index is 11.0. The fourth-order valence-electron chi connectivity index (χ4n) is 0.537. The molecular weight excluding hydrogens is 146 g/mol. The van der Waals surface area contributed by atoms with Crippen LogP contribution in [0.1, 0.15) is 13.8 Å². The lowest BCUT2D eigenvalue weighted by Gasteiger charge is -2.14. The van der Waals surface area contributed by atoms with E-state index in [0.717, 1.165) is 0 Å². The van der Waals surface area contributed by atoms with Gasteiger partial charge in [0, 0.05) is 12.5 Å². The number of aliphatic hydroxyl groups excluding tert-OH is 1. The van der Waals surface area contributed by atoms with Gasteiger partial charge in [-0.15, -0.1) is 0 Å². The van der Waals surface area contributed by atoms with E-state index in [4.69, 9.17) is 5.11 Å². The fourth-order valence-corrected chi connectivity index (χ4v) is 0.537. The summed E-state index contributed by atoms with van der Waals surface area (Å²) < 4.78 is 0. The van der Waals surface area contributed by atoms with E-state index in [2.05, 4.69) is 6.58 Å². The van der Waals surface area contributed by atoms with Crippen LogP contribution < -0.4 is 0 Å². The summed E-state index contributed by atoms with van der Waals surface area (Å²) in [6.07, 6.45) is 0. The van der Waals surface area contributed by atoms with Crippen LogP contribution in [0.4, 0.5) is 0 Å². The van der Waals surface area contributed by atoms with Gasteiger partial charge in [0.25, 0.3) is 5.91 Å². The highest BCUT2D eigenvalue weighted by Crippen LogP contribution is 1.97. The van der Waals surface area contributed by atoms with Gasteiger partial charge in [-0.25, -0.2) is 0 Å². The summed E-state index contributed by atoms with van der Waals surface area (Å²) in [6, 6.07) is 0. The minimum absolute atomic E-state index is 0.231. The van der Waals surface area contributed by atoms with E-state index in [9.17, 15) is 9.59 Å². The molecule has 0 saturated carbocycles. The van der Waals surface area contributed by atoms with Crippen molar-refractivity contribution in [2.75, 3.05) is 6.73 Å². The van der Waals surface area contributed by atoms with Crippen molar-refractivity contribution in [2.45, 2.75) is 13.8 Å². The van der Waals surface area contributed by atoms with Gasteiger partial charge in [0.2, 0.25) is 5.91 Å². The number of aliphatic hydroxyl groups is 1. The van der Waals surface area contributed by atoms with Gasteiger partial charge >= 0.3 is 0 Å². The molecule has 0 aliphatic rings. The molecule has 0 atom stereocenters. The van der Waals surface area contributed by atoms with Crippen molar-refractivity contribution < 1.29 is 14.7 Å². The molecule has 0 heterocycles. The molecule has 0 aliphatic heterocycles. The highest BCUT2D eigenvalue weighted by Gasteiger charge is 2.16. The molecule has 0 aromatic rings. The molecule has 0 bridgehead atoms. The summed E-state index contributed by atoms with van der Waals surface area (Å²) >= 11 is 0. The molecule has 0 aliphatic carbocycles. The van der Waals surface area contributed by atoms with Gasteiger partial charge in [0.1, 0.15) is 6.73 Å². The number of carbonyl (C=O) groups excluding carboxylic acids is 2. The lowest BCUT2D eigenvalue weighted by Crippen LogP contribution is -2.36. The van der Waals surface area contributed by atoms with Crippen molar-refractivity contribution in [3.63, 3.8) is 0 Å². The highest BCUT2D eigenvalue weighted by atomic mass is 16.3. The molecule has 2 amide bonds. The summed E-state index contributed by atoms with van der Waals surface area (Å²) in [4.78, 5) is 22.3. The van der Waals surface area contributed by atoms with Crippen molar-refractivity contribution in [1.82, 2.24) is 4.90 Å². The second kappa shape index (κ2) is 3.88. The van der Waals surface area contributed by atoms with Gasteiger partial charge in [0.15, 0.2) is 0 Å². The zero-order valence-corrected chi connectivity index (χ0v) is 6.63. The van der Waals surface area contributed by atoms with E-state index in [-0.39, 0.29) is 5.57 Å². The molecular formula is C7H11NO3. The van der Waals surface area contributed by atoms with Gasteiger partial charge < -0.3 is 5.11 Å². The number of hydrogen-bond donors (Lipinski definition) is 1. The van der Waals surface area contributed by atoms with Crippen LogP contribution >= 0.6 is 0 Å². The van der Waals surface area contributed by atoms with Gasteiger partial charge in [0.05, 0.1) is 0 Å². The Morgan fingerprint density at radius 3 is 2.00 bits per heavy atom. The average Bonchev–Trinajstić information content (AvgIpc) is 1.88. The second-order valence-electron chi connectivity index (χ2n) is 2.17. The van der Waals surface area contributed by atoms with E-state index >= 15 is 0 Å². The maximum absolute atomic E-state index is 11.0. The zero-order chi connectivity index (χ0) is 9.02. The van der Waals surface area contributed by atoms with Crippen molar-refractivity contribution in [3.8, 4) is 0 Å². The van der Waals surface area contributed by atoms with Crippen LogP contribution in [0.2, 0.25) is 0 Å². The molecule has 11 heavy (non-hydrogen) atoms. The highest BCUT2D eigenvalue weighted by molar-refractivity contribution is 6.02. The van der Waals surface area contributed by atoms with Crippen molar-refractivity contribution in [3.05, 3.63) is 12.2 Å². The van der Waals surface area contributed by atoms with Gasteiger partial charge in [-0.05, 0) is 6.92 Å². The van der Waals surface area contributed by atoms with Gasteiger partial charge in [-0.1, -0.05) is 6.58 Å². The predicted octanol–water partition coefficient (Wildman–Crippen LogP) is -0.113. The molecule has 0 spiro atoms. The molecule has 0 unspecified atom stereocenters. The molecule has 0 saturated heterocycles. The largest absolute Gasteiger partial charge is 0.376 e. The van der Waals surface area contributed by atoms with E-state index in [0.29, 0.717) is 4.90 Å². The second-order valence-corrected chi connectivity index (χ2v) is 2.17. The van der Waals surface area contributed by atoms with Crippen molar-refractivity contribution in [1.29, 1.82) is 0 Å². The summed E-state index contributed by atoms with van der Waals surface area (Å²) in [5.74, 6) is -1.03. The van der Waals surface area contributed by atoms with Crippen molar-refractivity contribution >= 4 is 11.8 Å². The summed E-state index contributed by atoms with van der Waals surface area (Å²) in [5, 5.41) is 8.56. The minimum atomic E-state index is -0.596. The zero-order valence-electron chi connectivity index (χ0n) is 6.63. The Hall–Kier alpha value is -1.16. The molecule has 0 aromatic carbocycles. The summed E-state index contributed by atoms with van der Waals surface area (Å²) in [7, 11) is 0. The van der Waals surface area contributed by atoms with Crippen LogP contribution in [-0.2, 0) is 9.59 Å². The molecule has 0 fully saturated rings. The number of amides is 2. The number of carbonyl (C=O) groups is 2.